The van der Waals surface area contributed by atoms with Crippen molar-refractivity contribution in [2.45, 2.75) is 24.1 Å². The maximum atomic E-state index is 12.4. The van der Waals surface area contributed by atoms with Gasteiger partial charge in [0.25, 0.3) is 0 Å². The summed E-state index contributed by atoms with van der Waals surface area (Å²) in [4.78, 5) is 0. The van der Waals surface area contributed by atoms with Crippen LogP contribution in [0.5, 0.6) is 0 Å². The fraction of sp³-hybridized carbons (Fsp3) is 0.200. The number of aryl methyl sites for hydroxylation is 1. The van der Waals surface area contributed by atoms with E-state index >= 15 is 0 Å². The van der Waals surface area contributed by atoms with E-state index in [0.717, 1.165) is 11.3 Å². The lowest BCUT2D eigenvalue weighted by Gasteiger charge is -2.06. The van der Waals surface area contributed by atoms with Crippen molar-refractivity contribution in [3.63, 3.8) is 0 Å². The average molecular weight is 384 g/mol. The van der Waals surface area contributed by atoms with Gasteiger partial charge < -0.3 is 4.42 Å². The Hall–Kier alpha value is -1.74. The lowest BCUT2D eigenvalue weighted by Crippen LogP contribution is -2.22. The zero-order chi connectivity index (χ0) is 17.2. The molecular weight excluding hydrogens is 370 g/mol. The van der Waals surface area contributed by atoms with Gasteiger partial charge >= 0.3 is 0 Å². The third kappa shape index (κ3) is 3.67. The van der Waals surface area contributed by atoms with E-state index in [1.165, 1.54) is 6.07 Å². The smallest absolute Gasteiger partial charge is 0.250 e. The fourth-order valence-electron chi connectivity index (χ4n) is 1.97. The molecule has 24 heavy (non-hydrogen) atoms. The van der Waals surface area contributed by atoms with Crippen LogP contribution in [0.25, 0.3) is 11.5 Å². The van der Waals surface area contributed by atoms with Crippen LogP contribution in [0.2, 0.25) is 5.02 Å². The van der Waals surface area contributed by atoms with Crippen molar-refractivity contribution in [1.29, 1.82) is 0 Å². The predicted octanol–water partition coefficient (Wildman–Crippen LogP) is 3.49. The van der Waals surface area contributed by atoms with Gasteiger partial charge in [-0.25, -0.2) is 13.1 Å². The number of benzene rings is 1. The molecule has 6 nitrogen and oxygen atoms in total. The van der Waals surface area contributed by atoms with Gasteiger partial charge in [-0.3, -0.25) is 0 Å². The first-order valence-corrected chi connectivity index (χ1v) is 9.88. The Morgan fingerprint density at radius 2 is 2.08 bits per heavy atom. The van der Waals surface area contributed by atoms with E-state index in [0.29, 0.717) is 34.4 Å². The highest BCUT2D eigenvalue weighted by atomic mass is 35.5. The van der Waals surface area contributed by atoms with E-state index in [4.69, 9.17) is 16.0 Å². The van der Waals surface area contributed by atoms with Crippen LogP contribution in [0.3, 0.4) is 0 Å². The van der Waals surface area contributed by atoms with Crippen molar-refractivity contribution in [3.05, 3.63) is 52.2 Å². The topological polar surface area (TPSA) is 85.1 Å². The van der Waals surface area contributed by atoms with Crippen molar-refractivity contribution in [2.75, 3.05) is 0 Å². The van der Waals surface area contributed by atoms with Gasteiger partial charge in [-0.05, 0) is 17.7 Å². The minimum absolute atomic E-state index is 0.121. The molecule has 0 spiro atoms. The Balaban J connectivity index is 1.77. The molecule has 9 heteroatoms. The van der Waals surface area contributed by atoms with Crippen LogP contribution in [0.15, 0.2) is 44.3 Å². The van der Waals surface area contributed by atoms with Crippen LogP contribution in [0.1, 0.15) is 18.4 Å². The molecule has 1 aromatic carbocycles. The number of thiophene rings is 1. The molecule has 0 radical (unpaired) electrons. The van der Waals surface area contributed by atoms with Gasteiger partial charge in [0.1, 0.15) is 4.21 Å². The minimum atomic E-state index is -3.64. The van der Waals surface area contributed by atoms with Gasteiger partial charge in [0.05, 0.1) is 5.56 Å². The summed E-state index contributed by atoms with van der Waals surface area (Å²) in [5.74, 6) is 0.827. The molecular formula is C15H14ClN3O3S2. The van der Waals surface area contributed by atoms with Gasteiger partial charge in [0, 0.05) is 23.4 Å². The van der Waals surface area contributed by atoms with Crippen LogP contribution in [-0.2, 0) is 23.0 Å². The van der Waals surface area contributed by atoms with Crippen molar-refractivity contribution >= 4 is 33.0 Å². The summed E-state index contributed by atoms with van der Waals surface area (Å²) in [6, 6.07) is 8.61. The fourth-order valence-corrected chi connectivity index (χ4v) is 4.38. The van der Waals surface area contributed by atoms with Crippen LogP contribution in [0, 0.1) is 0 Å². The predicted molar refractivity (Wildman–Crippen MR) is 92.5 cm³/mol. The third-order valence-corrected chi connectivity index (χ3v) is 6.48. The van der Waals surface area contributed by atoms with E-state index in [1.54, 1.807) is 29.6 Å². The molecule has 1 N–H and O–H groups in total. The molecule has 0 unspecified atom stereocenters. The average Bonchev–Trinajstić information content (AvgIpc) is 3.23. The maximum absolute atomic E-state index is 12.4. The van der Waals surface area contributed by atoms with Crippen LogP contribution in [-0.4, -0.2) is 18.6 Å². The maximum Gasteiger partial charge on any atom is 0.250 e. The summed E-state index contributed by atoms with van der Waals surface area (Å²) in [5, 5.41) is 9.99. The second kappa shape index (κ2) is 7.02. The molecule has 0 amide bonds. The Morgan fingerprint density at radius 3 is 2.79 bits per heavy atom. The molecule has 0 fully saturated rings. The first-order valence-electron chi connectivity index (χ1n) is 7.14. The largest absolute Gasteiger partial charge is 0.421 e. The Labute approximate surface area is 148 Å². The first kappa shape index (κ1) is 17.1. The molecule has 2 heterocycles. The molecule has 0 aliphatic carbocycles. The van der Waals surface area contributed by atoms with Gasteiger partial charge in [0.15, 0.2) is 0 Å². The molecule has 3 aromatic rings. The van der Waals surface area contributed by atoms with Crippen molar-refractivity contribution in [3.8, 4) is 11.5 Å². The van der Waals surface area contributed by atoms with Gasteiger partial charge in [0.2, 0.25) is 21.8 Å². The highest BCUT2D eigenvalue weighted by Gasteiger charge is 2.19. The highest BCUT2D eigenvalue weighted by Crippen LogP contribution is 2.28. The molecule has 0 atom stereocenters. The summed E-state index contributed by atoms with van der Waals surface area (Å²) in [6.45, 7) is 2.02. The van der Waals surface area contributed by atoms with E-state index < -0.39 is 10.0 Å². The second-order valence-corrected chi connectivity index (χ2v) is 8.24. The monoisotopic (exact) mass is 383 g/mol. The van der Waals surface area contributed by atoms with Crippen LogP contribution < -0.4 is 4.72 Å². The van der Waals surface area contributed by atoms with Gasteiger partial charge in [-0.2, -0.15) is 0 Å². The van der Waals surface area contributed by atoms with E-state index in [2.05, 4.69) is 14.9 Å². The lowest BCUT2D eigenvalue weighted by atomic mass is 10.2. The number of aromatic nitrogens is 2. The normalized spacial score (nSPS) is 11.8. The van der Waals surface area contributed by atoms with E-state index in [9.17, 15) is 8.42 Å². The summed E-state index contributed by atoms with van der Waals surface area (Å²) in [7, 11) is -3.64. The zero-order valence-electron chi connectivity index (χ0n) is 12.7. The van der Waals surface area contributed by atoms with Gasteiger partial charge in [-0.1, -0.05) is 36.7 Å². The van der Waals surface area contributed by atoms with Crippen molar-refractivity contribution in [1.82, 2.24) is 14.9 Å². The minimum Gasteiger partial charge on any atom is -0.421 e. The first-order chi connectivity index (χ1) is 11.5. The summed E-state index contributed by atoms with van der Waals surface area (Å²) in [5.41, 5.74) is 1.30. The number of nitrogens with one attached hydrogen (secondary N) is 1. The Bertz CT molecular complexity index is 950. The second-order valence-electron chi connectivity index (χ2n) is 4.92. The number of nitrogens with zero attached hydrogens (tertiary/aromatic N) is 2. The Kier molecular flexibility index (Phi) is 5.00. The molecule has 3 rings (SSSR count). The molecule has 2 aromatic heterocycles. The molecule has 0 saturated carbocycles. The Morgan fingerprint density at radius 1 is 1.29 bits per heavy atom. The molecule has 126 valence electrons. The standard InChI is InChI=1S/C15H14ClN3O3S2/c1-2-13-18-19-15(22-13)11-7-14(23-9-11)24(20,21)17-8-10-5-3-4-6-12(10)16/h3-7,9,17H,2,8H2,1H3. The van der Waals surface area contributed by atoms with Crippen molar-refractivity contribution in [2.24, 2.45) is 0 Å². The summed E-state index contributed by atoms with van der Waals surface area (Å²) in [6.07, 6.45) is 0.627. The molecule has 0 aliphatic heterocycles. The number of halogens is 1. The zero-order valence-corrected chi connectivity index (χ0v) is 15.1. The van der Waals surface area contributed by atoms with Crippen LogP contribution >= 0.6 is 22.9 Å². The van der Waals surface area contributed by atoms with E-state index in [-0.39, 0.29) is 10.8 Å². The summed E-state index contributed by atoms with van der Waals surface area (Å²) < 4.78 is 33.0. The lowest BCUT2D eigenvalue weighted by molar-refractivity contribution is 0.513. The SMILES string of the molecule is CCc1nnc(-c2csc(S(=O)(=O)NCc3ccccc3Cl)c2)o1. The molecule has 0 saturated heterocycles. The third-order valence-electron chi connectivity index (χ3n) is 3.27. The number of rotatable bonds is 6. The number of sulfonamides is 1. The van der Waals surface area contributed by atoms with Crippen molar-refractivity contribution < 1.29 is 12.8 Å². The van der Waals surface area contributed by atoms with Gasteiger partial charge in [-0.15, -0.1) is 21.5 Å². The quantitative estimate of drug-likeness (QED) is 0.704. The molecule has 0 bridgehead atoms. The van der Waals surface area contributed by atoms with Crippen LogP contribution in [0.4, 0.5) is 0 Å². The number of hydrogen-bond donors (Lipinski definition) is 1. The van der Waals surface area contributed by atoms with E-state index in [1.807, 2.05) is 6.92 Å². The number of hydrogen-bond acceptors (Lipinski definition) is 6. The highest BCUT2D eigenvalue weighted by molar-refractivity contribution is 7.91. The molecule has 0 aliphatic rings. The summed E-state index contributed by atoms with van der Waals surface area (Å²) >= 11 is 7.14.